The topological polar surface area (TPSA) is 58.2 Å². The van der Waals surface area contributed by atoms with Crippen molar-refractivity contribution >= 4 is 38.6 Å². The van der Waals surface area contributed by atoms with Gasteiger partial charge in [0, 0.05) is 6.54 Å². The summed E-state index contributed by atoms with van der Waals surface area (Å²) in [6.07, 6.45) is 0. The lowest BCUT2D eigenvalue weighted by Crippen LogP contribution is -2.12. The van der Waals surface area contributed by atoms with Gasteiger partial charge in [-0.05, 0) is 41.8 Å². The van der Waals surface area contributed by atoms with E-state index < -0.39 is 15.8 Å². The first-order valence-corrected chi connectivity index (χ1v) is 8.92. The predicted molar refractivity (Wildman–Crippen MR) is 83.9 cm³/mol. The first kappa shape index (κ1) is 16.2. The van der Waals surface area contributed by atoms with Crippen molar-refractivity contribution in [3.63, 3.8) is 0 Å². The second-order valence-corrected chi connectivity index (χ2v) is 7.52. The summed E-state index contributed by atoms with van der Waals surface area (Å²) in [6, 6.07) is 5.37. The molecule has 0 aliphatic heterocycles. The Morgan fingerprint density at radius 2 is 2.10 bits per heavy atom. The molecule has 0 bridgehead atoms. The fraction of sp³-hybridized carbons (Fsp3) is 0.231. The van der Waals surface area contributed by atoms with Gasteiger partial charge in [-0.1, -0.05) is 18.5 Å². The minimum atomic E-state index is -3.72. The number of halogens is 2. The maximum atomic E-state index is 13.3. The summed E-state index contributed by atoms with van der Waals surface area (Å²) < 4.78 is 40.3. The van der Waals surface area contributed by atoms with E-state index >= 15 is 0 Å². The predicted octanol–water partition coefficient (Wildman–Crippen LogP) is 3.45. The van der Waals surface area contributed by atoms with E-state index in [-0.39, 0.29) is 14.9 Å². The molecular weight excluding hydrogens is 335 g/mol. The zero-order chi connectivity index (χ0) is 15.5. The highest BCUT2D eigenvalue weighted by Crippen LogP contribution is 2.25. The van der Waals surface area contributed by atoms with Gasteiger partial charge < -0.3 is 5.32 Å². The van der Waals surface area contributed by atoms with Crippen LogP contribution in [0, 0.1) is 5.82 Å². The molecule has 2 N–H and O–H groups in total. The van der Waals surface area contributed by atoms with Crippen molar-refractivity contribution in [1.82, 2.24) is 5.32 Å². The number of benzene rings is 1. The highest BCUT2D eigenvalue weighted by molar-refractivity contribution is 7.94. The van der Waals surface area contributed by atoms with E-state index in [2.05, 4.69) is 10.0 Å². The maximum Gasteiger partial charge on any atom is 0.271 e. The van der Waals surface area contributed by atoms with Crippen LogP contribution < -0.4 is 10.0 Å². The third-order valence-corrected chi connectivity index (χ3v) is 5.82. The Hall–Kier alpha value is -1.15. The van der Waals surface area contributed by atoms with Crippen LogP contribution >= 0.6 is 22.9 Å². The zero-order valence-electron chi connectivity index (χ0n) is 11.2. The highest BCUT2D eigenvalue weighted by atomic mass is 35.5. The summed E-state index contributed by atoms with van der Waals surface area (Å²) in [5.74, 6) is -0.670. The molecule has 21 heavy (non-hydrogen) atoms. The van der Waals surface area contributed by atoms with Crippen molar-refractivity contribution in [1.29, 1.82) is 0 Å². The van der Waals surface area contributed by atoms with Gasteiger partial charge in [-0.25, -0.2) is 12.8 Å². The monoisotopic (exact) mass is 348 g/mol. The van der Waals surface area contributed by atoms with Crippen LogP contribution in [0.25, 0.3) is 0 Å². The zero-order valence-corrected chi connectivity index (χ0v) is 13.6. The summed E-state index contributed by atoms with van der Waals surface area (Å²) in [6.45, 7) is 3.39. The largest absolute Gasteiger partial charge is 0.313 e. The number of anilines is 1. The summed E-state index contributed by atoms with van der Waals surface area (Å²) in [5.41, 5.74) is 1.03. The standard InChI is InChI=1S/C13H14ClFN2O2S2/c1-2-16-7-9-5-13(20-8-9)21(18,19)17-10-3-4-11(14)12(15)6-10/h3-6,8,16-17H,2,7H2,1H3. The number of hydrogen-bond donors (Lipinski definition) is 2. The van der Waals surface area contributed by atoms with Crippen molar-refractivity contribution in [3.8, 4) is 0 Å². The van der Waals surface area contributed by atoms with Crippen LogP contribution in [0.3, 0.4) is 0 Å². The molecule has 0 saturated heterocycles. The van der Waals surface area contributed by atoms with Crippen molar-refractivity contribution < 1.29 is 12.8 Å². The van der Waals surface area contributed by atoms with Gasteiger partial charge in [0.05, 0.1) is 10.7 Å². The van der Waals surface area contributed by atoms with E-state index in [0.717, 1.165) is 29.5 Å². The average Bonchev–Trinajstić information content (AvgIpc) is 2.90. The molecule has 1 aromatic carbocycles. The number of hydrogen-bond acceptors (Lipinski definition) is 4. The first-order chi connectivity index (χ1) is 9.92. The number of nitrogens with one attached hydrogen (secondary N) is 2. The van der Waals surface area contributed by atoms with Crippen LogP contribution in [-0.4, -0.2) is 15.0 Å². The Kier molecular flexibility index (Phi) is 5.21. The van der Waals surface area contributed by atoms with E-state index in [1.807, 2.05) is 6.92 Å². The fourth-order valence-electron chi connectivity index (χ4n) is 1.62. The molecule has 0 amide bonds. The van der Waals surface area contributed by atoms with Crippen LogP contribution in [0.5, 0.6) is 0 Å². The van der Waals surface area contributed by atoms with Gasteiger partial charge in [-0.15, -0.1) is 11.3 Å². The van der Waals surface area contributed by atoms with E-state index in [9.17, 15) is 12.8 Å². The molecule has 0 spiro atoms. The second-order valence-electron chi connectivity index (χ2n) is 4.29. The molecule has 0 radical (unpaired) electrons. The molecule has 0 fully saturated rings. The quantitative estimate of drug-likeness (QED) is 0.840. The average molecular weight is 349 g/mol. The summed E-state index contributed by atoms with van der Waals surface area (Å²) in [7, 11) is -3.72. The van der Waals surface area contributed by atoms with Crippen molar-refractivity contribution in [2.24, 2.45) is 0 Å². The van der Waals surface area contributed by atoms with Gasteiger partial charge in [0.15, 0.2) is 0 Å². The highest BCUT2D eigenvalue weighted by Gasteiger charge is 2.17. The van der Waals surface area contributed by atoms with Crippen LogP contribution in [0.15, 0.2) is 33.9 Å². The van der Waals surface area contributed by atoms with Gasteiger partial charge in [0.1, 0.15) is 10.0 Å². The third kappa shape index (κ3) is 4.16. The Morgan fingerprint density at radius 3 is 2.76 bits per heavy atom. The Balaban J connectivity index is 2.17. The van der Waals surface area contributed by atoms with E-state index in [0.29, 0.717) is 6.54 Å². The van der Waals surface area contributed by atoms with E-state index in [1.165, 1.54) is 12.1 Å². The van der Waals surface area contributed by atoms with E-state index in [1.54, 1.807) is 11.4 Å². The molecule has 2 rings (SSSR count). The van der Waals surface area contributed by atoms with Crippen molar-refractivity contribution in [2.45, 2.75) is 17.7 Å². The van der Waals surface area contributed by atoms with Gasteiger partial charge in [-0.3, -0.25) is 4.72 Å². The minimum Gasteiger partial charge on any atom is -0.313 e. The molecule has 0 aliphatic carbocycles. The lowest BCUT2D eigenvalue weighted by molar-refractivity contribution is 0.603. The van der Waals surface area contributed by atoms with Crippen LogP contribution in [0.2, 0.25) is 5.02 Å². The molecule has 0 aliphatic rings. The molecule has 1 aromatic heterocycles. The van der Waals surface area contributed by atoms with Gasteiger partial charge in [0.25, 0.3) is 10.0 Å². The lowest BCUT2D eigenvalue weighted by atomic mass is 10.3. The van der Waals surface area contributed by atoms with Crippen LogP contribution in [0.1, 0.15) is 12.5 Å². The van der Waals surface area contributed by atoms with Gasteiger partial charge >= 0.3 is 0 Å². The summed E-state index contributed by atoms with van der Waals surface area (Å²) in [5, 5.41) is 4.84. The van der Waals surface area contributed by atoms with Crippen molar-refractivity contribution in [2.75, 3.05) is 11.3 Å². The molecule has 0 atom stereocenters. The molecule has 4 nitrogen and oxygen atoms in total. The molecule has 2 aromatic rings. The first-order valence-electron chi connectivity index (χ1n) is 6.18. The lowest BCUT2D eigenvalue weighted by Gasteiger charge is -2.06. The number of rotatable bonds is 6. The molecule has 114 valence electrons. The van der Waals surface area contributed by atoms with Crippen molar-refractivity contribution in [3.05, 3.63) is 46.0 Å². The molecule has 0 unspecified atom stereocenters. The second kappa shape index (κ2) is 6.74. The molecule has 1 heterocycles. The smallest absolute Gasteiger partial charge is 0.271 e. The van der Waals surface area contributed by atoms with Crippen LogP contribution in [-0.2, 0) is 16.6 Å². The van der Waals surface area contributed by atoms with E-state index in [4.69, 9.17) is 11.6 Å². The fourth-order valence-corrected chi connectivity index (χ4v) is 4.00. The Labute approximate surface area is 132 Å². The minimum absolute atomic E-state index is 0.0537. The molecule has 8 heteroatoms. The Morgan fingerprint density at radius 1 is 1.33 bits per heavy atom. The van der Waals surface area contributed by atoms with Crippen LogP contribution in [0.4, 0.5) is 10.1 Å². The summed E-state index contributed by atoms with van der Waals surface area (Å²) in [4.78, 5) is 0. The normalized spacial score (nSPS) is 11.6. The summed E-state index contributed by atoms with van der Waals surface area (Å²) >= 11 is 6.69. The SMILES string of the molecule is CCNCc1csc(S(=O)(=O)Nc2ccc(Cl)c(F)c2)c1. The maximum absolute atomic E-state index is 13.3. The Bertz CT molecular complexity index is 732. The number of sulfonamides is 1. The van der Waals surface area contributed by atoms with Gasteiger partial charge in [-0.2, -0.15) is 0 Å². The third-order valence-electron chi connectivity index (χ3n) is 2.65. The molecular formula is C13H14ClFN2O2S2. The molecule has 0 saturated carbocycles. The van der Waals surface area contributed by atoms with Gasteiger partial charge in [0.2, 0.25) is 0 Å². The number of thiophene rings is 1.